The second-order valence-corrected chi connectivity index (χ2v) is 5.05. The monoisotopic (exact) mass is 265 g/mol. The van der Waals surface area contributed by atoms with Gasteiger partial charge in [0.05, 0.1) is 26.5 Å². The van der Waals surface area contributed by atoms with Crippen LogP contribution in [0.3, 0.4) is 0 Å². The molecule has 0 aliphatic rings. The second-order valence-electron chi connectivity index (χ2n) is 3.73. The number of aryl methyl sites for hydroxylation is 1. The Morgan fingerprint density at radius 2 is 2.06 bits per heavy atom. The smallest absolute Gasteiger partial charge is 0.240 e. The predicted octanol–water partition coefficient (Wildman–Crippen LogP) is 1.91. The molecule has 2 aromatic rings. The first-order valence-corrected chi connectivity index (χ1v) is 6.24. The standard InChI is InChI=1S/C12H15N3O2S/c1-7-4-5-8(18-7)10(13)11-12(17-3)15-9(16-2)6-14-11/h4-6,10H,13H2,1-3H3. The number of hydrogen-bond donors (Lipinski definition) is 1. The molecule has 0 fully saturated rings. The van der Waals surface area contributed by atoms with Crippen molar-refractivity contribution < 1.29 is 9.47 Å². The third kappa shape index (κ3) is 2.44. The van der Waals surface area contributed by atoms with Gasteiger partial charge >= 0.3 is 0 Å². The van der Waals surface area contributed by atoms with Gasteiger partial charge in [0.15, 0.2) is 0 Å². The molecule has 2 heterocycles. The lowest BCUT2D eigenvalue weighted by Gasteiger charge is -2.12. The predicted molar refractivity (Wildman–Crippen MR) is 70.2 cm³/mol. The number of methoxy groups -OCH3 is 2. The number of rotatable bonds is 4. The van der Waals surface area contributed by atoms with Crippen LogP contribution in [0.2, 0.25) is 0 Å². The highest BCUT2D eigenvalue weighted by Gasteiger charge is 2.19. The molecule has 2 N–H and O–H groups in total. The third-order valence-corrected chi connectivity index (χ3v) is 3.59. The Bertz CT molecular complexity index is 542. The minimum Gasteiger partial charge on any atom is -0.480 e. The quantitative estimate of drug-likeness (QED) is 0.914. The van der Waals surface area contributed by atoms with Gasteiger partial charge in [-0.3, -0.25) is 0 Å². The molecule has 0 saturated heterocycles. The van der Waals surface area contributed by atoms with Gasteiger partial charge in [0.25, 0.3) is 0 Å². The van der Waals surface area contributed by atoms with Crippen LogP contribution in [-0.4, -0.2) is 24.2 Å². The molecule has 0 radical (unpaired) electrons. The van der Waals surface area contributed by atoms with Crippen LogP contribution in [0.5, 0.6) is 11.8 Å². The topological polar surface area (TPSA) is 70.3 Å². The van der Waals surface area contributed by atoms with E-state index in [0.717, 1.165) is 4.88 Å². The number of nitrogens with zero attached hydrogens (tertiary/aromatic N) is 2. The van der Waals surface area contributed by atoms with Crippen molar-refractivity contribution in [1.82, 2.24) is 9.97 Å². The van der Waals surface area contributed by atoms with E-state index in [1.54, 1.807) is 18.4 Å². The van der Waals surface area contributed by atoms with Gasteiger partial charge in [-0.25, -0.2) is 4.98 Å². The summed E-state index contributed by atoms with van der Waals surface area (Å²) in [6.45, 7) is 2.04. The van der Waals surface area contributed by atoms with Crippen LogP contribution in [0, 0.1) is 6.92 Å². The van der Waals surface area contributed by atoms with E-state index in [0.29, 0.717) is 17.5 Å². The lowest BCUT2D eigenvalue weighted by atomic mass is 10.2. The number of ether oxygens (including phenoxy) is 2. The molecule has 2 rings (SSSR count). The molecule has 0 aliphatic carbocycles. The van der Waals surface area contributed by atoms with Gasteiger partial charge in [0, 0.05) is 9.75 Å². The van der Waals surface area contributed by atoms with Crippen LogP contribution in [0.25, 0.3) is 0 Å². The fourth-order valence-corrected chi connectivity index (χ4v) is 2.47. The van der Waals surface area contributed by atoms with E-state index in [2.05, 4.69) is 9.97 Å². The first kappa shape index (κ1) is 12.8. The largest absolute Gasteiger partial charge is 0.480 e. The minimum absolute atomic E-state index is 0.336. The van der Waals surface area contributed by atoms with Crippen molar-refractivity contribution in [3.05, 3.63) is 33.8 Å². The van der Waals surface area contributed by atoms with Gasteiger partial charge in [-0.05, 0) is 19.1 Å². The molecule has 2 aromatic heterocycles. The molecule has 18 heavy (non-hydrogen) atoms. The Morgan fingerprint density at radius 3 is 2.61 bits per heavy atom. The Balaban J connectivity index is 2.38. The third-order valence-electron chi connectivity index (χ3n) is 2.51. The second kappa shape index (κ2) is 5.32. The summed E-state index contributed by atoms with van der Waals surface area (Å²) in [6, 6.07) is 3.69. The number of thiophene rings is 1. The highest BCUT2D eigenvalue weighted by molar-refractivity contribution is 7.12. The van der Waals surface area contributed by atoms with Crippen molar-refractivity contribution in [3.63, 3.8) is 0 Å². The summed E-state index contributed by atoms with van der Waals surface area (Å²) < 4.78 is 10.2. The van der Waals surface area contributed by atoms with Crippen molar-refractivity contribution in [2.45, 2.75) is 13.0 Å². The molecule has 0 spiro atoms. The molecule has 0 aliphatic heterocycles. The highest BCUT2D eigenvalue weighted by atomic mass is 32.1. The van der Waals surface area contributed by atoms with E-state index in [4.69, 9.17) is 15.2 Å². The summed E-state index contributed by atoms with van der Waals surface area (Å²) >= 11 is 1.64. The minimum atomic E-state index is -0.336. The van der Waals surface area contributed by atoms with E-state index in [9.17, 15) is 0 Å². The molecule has 6 heteroatoms. The van der Waals surface area contributed by atoms with Crippen molar-refractivity contribution in [1.29, 1.82) is 0 Å². The Kier molecular flexibility index (Phi) is 3.78. The Labute approximate surface area is 110 Å². The van der Waals surface area contributed by atoms with E-state index < -0.39 is 0 Å². The molecular formula is C12H15N3O2S. The lowest BCUT2D eigenvalue weighted by molar-refractivity contribution is 0.355. The fourth-order valence-electron chi connectivity index (χ4n) is 1.58. The van der Waals surface area contributed by atoms with E-state index in [1.807, 2.05) is 19.1 Å². The highest BCUT2D eigenvalue weighted by Crippen LogP contribution is 2.30. The SMILES string of the molecule is COc1cnc(C(N)c2ccc(C)s2)c(OC)n1. The van der Waals surface area contributed by atoms with Crippen molar-refractivity contribution in [3.8, 4) is 11.8 Å². The zero-order chi connectivity index (χ0) is 13.1. The average Bonchev–Trinajstić information content (AvgIpc) is 2.83. The van der Waals surface area contributed by atoms with Gasteiger partial charge in [-0.2, -0.15) is 4.98 Å². The molecule has 0 amide bonds. The van der Waals surface area contributed by atoms with Gasteiger partial charge in [0.1, 0.15) is 5.69 Å². The first-order valence-electron chi connectivity index (χ1n) is 5.42. The van der Waals surface area contributed by atoms with Gasteiger partial charge in [0.2, 0.25) is 11.8 Å². The van der Waals surface area contributed by atoms with Crippen LogP contribution < -0.4 is 15.2 Å². The summed E-state index contributed by atoms with van der Waals surface area (Å²) in [5.74, 6) is 0.804. The molecule has 5 nitrogen and oxygen atoms in total. The molecule has 0 aromatic carbocycles. The molecule has 1 atom stereocenters. The van der Waals surface area contributed by atoms with Gasteiger partial charge in [-0.1, -0.05) is 0 Å². The van der Waals surface area contributed by atoms with Crippen molar-refractivity contribution >= 4 is 11.3 Å². The molecule has 96 valence electrons. The average molecular weight is 265 g/mol. The normalized spacial score (nSPS) is 12.2. The summed E-state index contributed by atoms with van der Waals surface area (Å²) in [5.41, 5.74) is 6.80. The zero-order valence-corrected chi connectivity index (χ0v) is 11.3. The lowest BCUT2D eigenvalue weighted by Crippen LogP contribution is -2.14. The molecule has 0 saturated carbocycles. The summed E-state index contributed by atoms with van der Waals surface area (Å²) in [5, 5.41) is 0. The first-order chi connectivity index (χ1) is 8.65. The molecule has 1 unspecified atom stereocenters. The number of hydrogen-bond acceptors (Lipinski definition) is 6. The van der Waals surface area contributed by atoms with E-state index >= 15 is 0 Å². The molecule has 0 bridgehead atoms. The summed E-state index contributed by atoms with van der Waals surface area (Å²) in [7, 11) is 3.07. The van der Waals surface area contributed by atoms with E-state index in [1.165, 1.54) is 18.2 Å². The van der Waals surface area contributed by atoms with Crippen LogP contribution in [0.15, 0.2) is 18.3 Å². The summed E-state index contributed by atoms with van der Waals surface area (Å²) in [4.78, 5) is 10.7. The van der Waals surface area contributed by atoms with Crippen molar-refractivity contribution in [2.24, 2.45) is 5.73 Å². The molecular weight excluding hydrogens is 250 g/mol. The summed E-state index contributed by atoms with van der Waals surface area (Å²) in [6.07, 6.45) is 1.54. The fraction of sp³-hybridized carbons (Fsp3) is 0.333. The zero-order valence-electron chi connectivity index (χ0n) is 10.5. The van der Waals surface area contributed by atoms with Gasteiger partial charge < -0.3 is 15.2 Å². The maximum atomic E-state index is 6.18. The number of nitrogens with two attached hydrogens (primary N) is 1. The van der Waals surface area contributed by atoms with Crippen molar-refractivity contribution in [2.75, 3.05) is 14.2 Å². The van der Waals surface area contributed by atoms with Crippen LogP contribution in [-0.2, 0) is 0 Å². The van der Waals surface area contributed by atoms with Crippen LogP contribution in [0.1, 0.15) is 21.5 Å². The number of aromatic nitrogens is 2. The Morgan fingerprint density at radius 1 is 1.28 bits per heavy atom. The maximum Gasteiger partial charge on any atom is 0.240 e. The maximum absolute atomic E-state index is 6.18. The van der Waals surface area contributed by atoms with Crippen LogP contribution >= 0.6 is 11.3 Å². The van der Waals surface area contributed by atoms with E-state index in [-0.39, 0.29) is 6.04 Å². The van der Waals surface area contributed by atoms with Crippen LogP contribution in [0.4, 0.5) is 0 Å². The van der Waals surface area contributed by atoms with Gasteiger partial charge in [-0.15, -0.1) is 11.3 Å². The Hall–Kier alpha value is -1.66.